The van der Waals surface area contributed by atoms with Crippen molar-refractivity contribution >= 4 is 23.6 Å². The number of amides is 1. The Morgan fingerprint density at radius 2 is 1.54 bits per heavy atom. The van der Waals surface area contributed by atoms with Crippen molar-refractivity contribution in [1.82, 2.24) is 4.90 Å². The van der Waals surface area contributed by atoms with Crippen molar-refractivity contribution in [1.29, 1.82) is 0 Å². The molecule has 1 amide bonds. The van der Waals surface area contributed by atoms with E-state index in [1.807, 2.05) is 66.7 Å². The van der Waals surface area contributed by atoms with Gasteiger partial charge < -0.3 is 4.90 Å². The molecule has 0 radical (unpaired) electrons. The van der Waals surface area contributed by atoms with E-state index in [2.05, 4.69) is 23.7 Å². The topological polar surface area (TPSA) is 35.9 Å². The lowest BCUT2D eigenvalue weighted by Crippen LogP contribution is -2.44. The highest BCUT2D eigenvalue weighted by Gasteiger charge is 2.33. The second-order valence-corrected chi connectivity index (χ2v) is 5.50. The number of hydrogen-bond acceptors (Lipinski definition) is 3. The molecule has 2 aromatic carbocycles. The molecule has 0 saturated heterocycles. The smallest absolute Gasteiger partial charge is 0.283 e. The van der Waals surface area contributed by atoms with E-state index in [4.69, 9.17) is 0 Å². The van der Waals surface area contributed by atoms with Gasteiger partial charge in [0.15, 0.2) is 0 Å². The lowest BCUT2D eigenvalue weighted by Gasteiger charge is -2.27. The lowest BCUT2D eigenvalue weighted by atomic mass is 10.2. The van der Waals surface area contributed by atoms with Crippen LogP contribution >= 0.6 is 0 Å². The first-order valence-corrected chi connectivity index (χ1v) is 8.24. The number of guanidine groups is 1. The van der Waals surface area contributed by atoms with Crippen molar-refractivity contribution in [2.45, 2.75) is 13.8 Å². The van der Waals surface area contributed by atoms with E-state index in [9.17, 15) is 4.79 Å². The summed E-state index contributed by atoms with van der Waals surface area (Å²) in [5.41, 5.74) is 2.27. The van der Waals surface area contributed by atoms with Gasteiger partial charge in [-0.2, -0.15) is 0 Å². The molecular weight excluding hydrogens is 298 g/mol. The van der Waals surface area contributed by atoms with Gasteiger partial charge in [0.2, 0.25) is 5.96 Å². The van der Waals surface area contributed by atoms with Gasteiger partial charge in [-0.1, -0.05) is 48.5 Å². The van der Waals surface area contributed by atoms with E-state index >= 15 is 0 Å². The molecule has 0 unspecified atom stereocenters. The quantitative estimate of drug-likeness (QED) is 0.804. The van der Waals surface area contributed by atoms with Crippen molar-refractivity contribution in [3.8, 4) is 0 Å². The number of rotatable bonds is 4. The summed E-state index contributed by atoms with van der Waals surface area (Å²) in [7, 11) is 0. The van der Waals surface area contributed by atoms with Crippen LogP contribution in [0, 0.1) is 0 Å². The van der Waals surface area contributed by atoms with Gasteiger partial charge >= 0.3 is 0 Å². The number of aliphatic imine (C=N–C) groups is 1. The summed E-state index contributed by atoms with van der Waals surface area (Å²) in [5, 5.41) is 0. The van der Waals surface area contributed by atoms with Crippen molar-refractivity contribution in [2.24, 2.45) is 4.99 Å². The number of hydrogen-bond donors (Lipinski definition) is 0. The molecule has 1 heterocycles. The highest BCUT2D eigenvalue weighted by molar-refractivity contribution is 6.28. The third-order valence-corrected chi connectivity index (χ3v) is 4.01. The molecule has 0 atom stereocenters. The molecule has 1 aliphatic heterocycles. The Hall–Kier alpha value is -2.88. The van der Waals surface area contributed by atoms with E-state index in [-0.39, 0.29) is 5.91 Å². The molecule has 0 spiro atoms. The van der Waals surface area contributed by atoms with Crippen LogP contribution in [0.4, 0.5) is 5.69 Å². The molecule has 0 aliphatic carbocycles. The summed E-state index contributed by atoms with van der Waals surface area (Å²) in [6.07, 6.45) is 1.84. The zero-order valence-electron chi connectivity index (χ0n) is 14.0. The largest absolute Gasteiger partial charge is 0.342 e. The zero-order valence-corrected chi connectivity index (χ0v) is 14.0. The van der Waals surface area contributed by atoms with Crippen molar-refractivity contribution in [3.63, 3.8) is 0 Å². The van der Waals surface area contributed by atoms with Gasteiger partial charge in [-0.3, -0.25) is 4.79 Å². The van der Waals surface area contributed by atoms with Gasteiger partial charge in [-0.15, -0.1) is 0 Å². The number of para-hydroxylation sites is 1. The Morgan fingerprint density at radius 1 is 0.958 bits per heavy atom. The average molecular weight is 319 g/mol. The van der Waals surface area contributed by atoms with Gasteiger partial charge in [0.25, 0.3) is 5.91 Å². The van der Waals surface area contributed by atoms with Crippen LogP contribution in [0.2, 0.25) is 0 Å². The molecule has 0 fully saturated rings. The molecule has 24 heavy (non-hydrogen) atoms. The first kappa shape index (κ1) is 16.0. The normalized spacial score (nSPS) is 15.8. The van der Waals surface area contributed by atoms with Crippen LogP contribution in [0.25, 0.3) is 6.08 Å². The summed E-state index contributed by atoms with van der Waals surface area (Å²) in [4.78, 5) is 21.4. The first-order chi connectivity index (χ1) is 11.7. The fraction of sp³-hybridized carbons (Fsp3) is 0.200. The maximum Gasteiger partial charge on any atom is 0.283 e. The molecule has 0 N–H and O–H groups in total. The number of carbonyl (C=O) groups is 1. The Morgan fingerprint density at radius 3 is 2.12 bits per heavy atom. The SMILES string of the molecule is CCN(CC)C1=N/C(=C\c2ccccc2)C(=O)N1c1ccccc1. The minimum atomic E-state index is -0.0908. The van der Waals surface area contributed by atoms with Gasteiger partial charge in [0.05, 0.1) is 5.69 Å². The van der Waals surface area contributed by atoms with Crippen LogP contribution in [0.3, 0.4) is 0 Å². The van der Waals surface area contributed by atoms with Crippen LogP contribution in [-0.2, 0) is 4.79 Å². The molecule has 3 rings (SSSR count). The first-order valence-electron chi connectivity index (χ1n) is 8.24. The maximum atomic E-state index is 13.0. The maximum absolute atomic E-state index is 13.0. The molecule has 0 bridgehead atoms. The third kappa shape index (κ3) is 3.08. The van der Waals surface area contributed by atoms with E-state index in [1.165, 1.54) is 0 Å². The third-order valence-electron chi connectivity index (χ3n) is 4.01. The number of benzene rings is 2. The summed E-state index contributed by atoms with van der Waals surface area (Å²) >= 11 is 0. The second-order valence-electron chi connectivity index (χ2n) is 5.50. The van der Waals surface area contributed by atoms with Crippen LogP contribution in [0.15, 0.2) is 71.4 Å². The second kappa shape index (κ2) is 7.13. The van der Waals surface area contributed by atoms with Crippen LogP contribution in [-0.4, -0.2) is 29.9 Å². The van der Waals surface area contributed by atoms with Crippen LogP contribution in [0.5, 0.6) is 0 Å². The van der Waals surface area contributed by atoms with Gasteiger partial charge in [0.1, 0.15) is 5.70 Å². The number of anilines is 1. The minimum Gasteiger partial charge on any atom is -0.342 e. The van der Waals surface area contributed by atoms with Gasteiger partial charge in [-0.25, -0.2) is 9.89 Å². The predicted molar refractivity (Wildman–Crippen MR) is 98.7 cm³/mol. The number of carbonyl (C=O) groups excluding carboxylic acids is 1. The molecular formula is C20H21N3O. The van der Waals surface area contributed by atoms with Crippen molar-refractivity contribution < 1.29 is 4.79 Å². The van der Waals surface area contributed by atoms with Gasteiger partial charge in [-0.05, 0) is 37.6 Å². The highest BCUT2D eigenvalue weighted by atomic mass is 16.2. The Kier molecular flexibility index (Phi) is 4.75. The highest BCUT2D eigenvalue weighted by Crippen LogP contribution is 2.26. The van der Waals surface area contributed by atoms with Crippen LogP contribution in [0.1, 0.15) is 19.4 Å². The van der Waals surface area contributed by atoms with E-state index in [0.29, 0.717) is 11.7 Å². The summed E-state index contributed by atoms with van der Waals surface area (Å²) in [5.74, 6) is 0.602. The summed E-state index contributed by atoms with van der Waals surface area (Å²) in [6.45, 7) is 5.73. The fourth-order valence-electron chi connectivity index (χ4n) is 2.74. The Balaban J connectivity index is 2.04. The molecule has 4 nitrogen and oxygen atoms in total. The van der Waals surface area contributed by atoms with E-state index < -0.39 is 0 Å². The molecule has 1 aliphatic rings. The standard InChI is InChI=1S/C20H21N3O/c1-3-22(4-2)20-21-18(15-16-11-7-5-8-12-16)19(24)23(20)17-13-9-6-10-14-17/h5-15H,3-4H2,1-2H3/b18-15-. The van der Waals surface area contributed by atoms with Crippen LogP contribution < -0.4 is 4.90 Å². The number of nitrogens with zero attached hydrogens (tertiary/aromatic N) is 3. The summed E-state index contributed by atoms with van der Waals surface area (Å²) < 4.78 is 0. The Labute approximate surface area is 142 Å². The molecule has 122 valence electrons. The van der Waals surface area contributed by atoms with Crippen molar-refractivity contribution in [3.05, 3.63) is 71.9 Å². The Bertz CT molecular complexity index is 762. The minimum absolute atomic E-state index is 0.0908. The monoisotopic (exact) mass is 319 g/mol. The zero-order chi connectivity index (χ0) is 16.9. The summed E-state index contributed by atoms with van der Waals surface area (Å²) in [6, 6.07) is 19.5. The average Bonchev–Trinajstić information content (AvgIpc) is 2.94. The molecule has 2 aromatic rings. The molecule has 4 heteroatoms. The predicted octanol–water partition coefficient (Wildman–Crippen LogP) is 3.77. The van der Waals surface area contributed by atoms with E-state index in [1.54, 1.807) is 4.90 Å². The van der Waals surface area contributed by atoms with E-state index in [0.717, 1.165) is 24.3 Å². The molecule has 0 aromatic heterocycles. The lowest BCUT2D eigenvalue weighted by molar-refractivity contribution is -0.113. The fourth-order valence-corrected chi connectivity index (χ4v) is 2.74. The van der Waals surface area contributed by atoms with Gasteiger partial charge in [0, 0.05) is 13.1 Å². The van der Waals surface area contributed by atoms with Crippen molar-refractivity contribution in [2.75, 3.05) is 18.0 Å². The molecule has 0 saturated carbocycles.